The molecule has 1 heterocycles. The number of benzene rings is 1. The topological polar surface area (TPSA) is 63.2 Å². The fourth-order valence-corrected chi connectivity index (χ4v) is 2.52. The van der Waals surface area contributed by atoms with E-state index in [1.54, 1.807) is 0 Å². The average molecular weight is 310 g/mol. The van der Waals surface area contributed by atoms with Gasteiger partial charge in [0, 0.05) is 20.6 Å². The molecule has 0 amide bonds. The normalized spacial score (nSPS) is 24.6. The molecule has 1 aromatic carbocycles. The maximum Gasteiger partial charge on any atom is 0.337 e. The van der Waals surface area contributed by atoms with Gasteiger partial charge in [-0.1, -0.05) is 30.3 Å². The van der Waals surface area contributed by atoms with Crippen LogP contribution in [-0.4, -0.2) is 51.9 Å². The first-order valence-electron chi connectivity index (χ1n) is 7.14. The average Bonchev–Trinajstić information content (AvgIpc) is 2.98. The lowest BCUT2D eigenvalue weighted by molar-refractivity contribution is -0.187. The molecule has 0 aliphatic carbocycles. The Labute approximate surface area is 130 Å². The third-order valence-electron chi connectivity index (χ3n) is 3.63. The molecule has 0 aromatic heterocycles. The SMILES string of the molecule is COC(=O)[C@@H]1O[C@H](C(OC)OC)C[C@H]1OCc1ccccc1. The second kappa shape index (κ2) is 8.24. The molecule has 0 radical (unpaired) electrons. The highest BCUT2D eigenvalue weighted by atomic mass is 16.7. The molecular weight excluding hydrogens is 288 g/mol. The minimum Gasteiger partial charge on any atom is -0.467 e. The van der Waals surface area contributed by atoms with E-state index in [0.29, 0.717) is 13.0 Å². The predicted octanol–water partition coefficient (Wildman–Crippen LogP) is 1.52. The van der Waals surface area contributed by atoms with Crippen molar-refractivity contribution >= 4 is 5.97 Å². The molecule has 0 N–H and O–H groups in total. The zero-order valence-corrected chi connectivity index (χ0v) is 13.1. The summed E-state index contributed by atoms with van der Waals surface area (Å²) in [7, 11) is 4.39. The Morgan fingerprint density at radius 1 is 1.23 bits per heavy atom. The van der Waals surface area contributed by atoms with Gasteiger partial charge in [0.15, 0.2) is 12.4 Å². The predicted molar refractivity (Wildman–Crippen MR) is 78.1 cm³/mol. The van der Waals surface area contributed by atoms with Crippen LogP contribution in [0.25, 0.3) is 0 Å². The van der Waals surface area contributed by atoms with E-state index >= 15 is 0 Å². The maximum atomic E-state index is 11.9. The van der Waals surface area contributed by atoms with Crippen LogP contribution >= 0.6 is 0 Å². The molecule has 22 heavy (non-hydrogen) atoms. The zero-order valence-electron chi connectivity index (χ0n) is 13.1. The van der Waals surface area contributed by atoms with Crippen LogP contribution in [0.4, 0.5) is 0 Å². The molecule has 0 spiro atoms. The van der Waals surface area contributed by atoms with Crippen LogP contribution in [0, 0.1) is 0 Å². The Kier molecular flexibility index (Phi) is 6.33. The van der Waals surface area contributed by atoms with Gasteiger partial charge in [0.1, 0.15) is 6.10 Å². The van der Waals surface area contributed by atoms with Crippen LogP contribution < -0.4 is 0 Å². The number of rotatable bonds is 7. The number of ether oxygens (including phenoxy) is 5. The van der Waals surface area contributed by atoms with Gasteiger partial charge in [0.05, 0.1) is 19.8 Å². The summed E-state index contributed by atoms with van der Waals surface area (Å²) in [6.07, 6.45) is -1.59. The summed E-state index contributed by atoms with van der Waals surface area (Å²) in [5.74, 6) is -0.452. The summed E-state index contributed by atoms with van der Waals surface area (Å²) in [6.45, 7) is 0.402. The van der Waals surface area contributed by atoms with Crippen LogP contribution in [0.3, 0.4) is 0 Å². The van der Waals surface area contributed by atoms with Gasteiger partial charge in [-0.3, -0.25) is 0 Å². The third kappa shape index (κ3) is 4.04. The molecule has 0 saturated carbocycles. The number of carbonyl (C=O) groups excluding carboxylic acids is 1. The third-order valence-corrected chi connectivity index (χ3v) is 3.63. The minimum atomic E-state index is -0.772. The molecule has 1 aliphatic heterocycles. The smallest absolute Gasteiger partial charge is 0.337 e. The van der Waals surface area contributed by atoms with E-state index in [0.717, 1.165) is 5.56 Å². The molecule has 0 unspecified atom stereocenters. The minimum absolute atomic E-state index is 0.375. The summed E-state index contributed by atoms with van der Waals surface area (Å²) in [4.78, 5) is 11.9. The highest BCUT2D eigenvalue weighted by Gasteiger charge is 2.44. The van der Waals surface area contributed by atoms with E-state index in [9.17, 15) is 4.79 Å². The second-order valence-corrected chi connectivity index (χ2v) is 5.03. The molecule has 1 fully saturated rings. The van der Waals surface area contributed by atoms with Gasteiger partial charge in [-0.05, 0) is 5.56 Å². The molecule has 1 aromatic rings. The lowest BCUT2D eigenvalue weighted by Gasteiger charge is -2.19. The standard InChI is InChI=1S/C16H22O6/c1-18-15(17)14-12(9-13(22-14)16(19-2)20-3)21-10-11-7-5-4-6-8-11/h4-8,12-14,16H,9-10H2,1-3H3/t12-,13+,14-/m1/s1. The monoisotopic (exact) mass is 310 g/mol. The van der Waals surface area contributed by atoms with Crippen molar-refractivity contribution in [1.82, 2.24) is 0 Å². The largest absolute Gasteiger partial charge is 0.467 e. The summed E-state index contributed by atoms with van der Waals surface area (Å²) in [6, 6.07) is 9.75. The van der Waals surface area contributed by atoms with Crippen molar-refractivity contribution in [3.05, 3.63) is 35.9 Å². The van der Waals surface area contributed by atoms with Crippen molar-refractivity contribution in [2.45, 2.75) is 37.6 Å². The lowest BCUT2D eigenvalue weighted by Crippen LogP contribution is -2.34. The molecular formula is C16H22O6. The summed E-state index contributed by atoms with van der Waals surface area (Å²) < 4.78 is 26.8. The Morgan fingerprint density at radius 2 is 1.91 bits per heavy atom. The Hall–Kier alpha value is -1.47. The lowest BCUT2D eigenvalue weighted by atomic mass is 10.1. The molecule has 1 aliphatic rings. The van der Waals surface area contributed by atoms with Crippen molar-refractivity contribution in [3.8, 4) is 0 Å². The Bertz CT molecular complexity index is 459. The first-order chi connectivity index (χ1) is 10.7. The molecule has 122 valence electrons. The van der Waals surface area contributed by atoms with Crippen molar-refractivity contribution < 1.29 is 28.5 Å². The maximum absolute atomic E-state index is 11.9. The molecule has 6 nitrogen and oxygen atoms in total. The van der Waals surface area contributed by atoms with Gasteiger partial charge in [-0.2, -0.15) is 0 Å². The fraction of sp³-hybridized carbons (Fsp3) is 0.562. The van der Waals surface area contributed by atoms with Gasteiger partial charge in [-0.15, -0.1) is 0 Å². The Morgan fingerprint density at radius 3 is 2.50 bits per heavy atom. The quantitative estimate of drug-likeness (QED) is 0.562. The number of hydrogen-bond acceptors (Lipinski definition) is 6. The molecule has 1 saturated heterocycles. The van der Waals surface area contributed by atoms with E-state index in [1.165, 1.54) is 21.3 Å². The number of hydrogen-bond donors (Lipinski definition) is 0. The van der Waals surface area contributed by atoms with Gasteiger partial charge < -0.3 is 23.7 Å². The molecule has 2 rings (SSSR count). The van der Waals surface area contributed by atoms with E-state index in [2.05, 4.69) is 0 Å². The van der Waals surface area contributed by atoms with Gasteiger partial charge in [-0.25, -0.2) is 4.79 Å². The Balaban J connectivity index is 2.01. The first-order valence-corrected chi connectivity index (χ1v) is 7.14. The second-order valence-electron chi connectivity index (χ2n) is 5.03. The van der Waals surface area contributed by atoms with E-state index < -0.39 is 24.5 Å². The van der Waals surface area contributed by atoms with E-state index in [1.807, 2.05) is 30.3 Å². The van der Waals surface area contributed by atoms with E-state index in [-0.39, 0.29) is 6.10 Å². The number of carbonyl (C=O) groups is 1. The highest BCUT2D eigenvalue weighted by molar-refractivity contribution is 5.75. The fourth-order valence-electron chi connectivity index (χ4n) is 2.52. The van der Waals surface area contributed by atoms with Crippen LogP contribution in [0.15, 0.2) is 30.3 Å². The van der Waals surface area contributed by atoms with Gasteiger partial charge in [0.2, 0.25) is 0 Å². The van der Waals surface area contributed by atoms with Crippen LogP contribution in [0.5, 0.6) is 0 Å². The van der Waals surface area contributed by atoms with Crippen LogP contribution in [0.1, 0.15) is 12.0 Å². The summed E-state index contributed by atoms with van der Waals surface area (Å²) >= 11 is 0. The molecule has 6 heteroatoms. The first kappa shape index (κ1) is 16.9. The van der Waals surface area contributed by atoms with Crippen LogP contribution in [0.2, 0.25) is 0 Å². The van der Waals surface area contributed by atoms with E-state index in [4.69, 9.17) is 23.7 Å². The van der Waals surface area contributed by atoms with Crippen LogP contribution in [-0.2, 0) is 35.1 Å². The van der Waals surface area contributed by atoms with Crippen molar-refractivity contribution in [2.75, 3.05) is 21.3 Å². The summed E-state index contributed by atoms with van der Waals surface area (Å²) in [5, 5.41) is 0. The number of esters is 1. The highest BCUT2D eigenvalue weighted by Crippen LogP contribution is 2.28. The van der Waals surface area contributed by atoms with Gasteiger partial charge in [0.25, 0.3) is 0 Å². The number of methoxy groups -OCH3 is 3. The molecule has 3 atom stereocenters. The van der Waals surface area contributed by atoms with Crippen molar-refractivity contribution in [1.29, 1.82) is 0 Å². The summed E-state index contributed by atoms with van der Waals surface area (Å²) in [5.41, 5.74) is 1.03. The van der Waals surface area contributed by atoms with Crippen molar-refractivity contribution in [2.24, 2.45) is 0 Å². The van der Waals surface area contributed by atoms with Gasteiger partial charge >= 0.3 is 5.97 Å². The zero-order chi connectivity index (χ0) is 15.9. The molecule has 0 bridgehead atoms. The van der Waals surface area contributed by atoms with Crippen molar-refractivity contribution in [3.63, 3.8) is 0 Å².